The number of hydrogen-bond acceptors (Lipinski definition) is 4. The molecule has 2 heterocycles. The number of nitrogens with one attached hydrogen (secondary N) is 2. The van der Waals surface area contributed by atoms with Crippen molar-refractivity contribution in [1.29, 1.82) is 0 Å². The molecule has 1 amide bonds. The first-order valence-corrected chi connectivity index (χ1v) is 10.2. The number of sulfonamides is 1. The van der Waals surface area contributed by atoms with E-state index < -0.39 is 10.0 Å². The minimum atomic E-state index is -3.46. The molecule has 7 nitrogen and oxygen atoms in total. The van der Waals surface area contributed by atoms with Crippen LogP contribution in [-0.4, -0.2) is 30.1 Å². The molecule has 3 rings (SSSR count). The van der Waals surface area contributed by atoms with Crippen molar-refractivity contribution in [1.82, 2.24) is 9.55 Å². The lowest BCUT2D eigenvalue weighted by molar-refractivity contribution is 0.102. The van der Waals surface area contributed by atoms with Crippen molar-refractivity contribution in [3.05, 3.63) is 71.1 Å². The fourth-order valence-corrected chi connectivity index (χ4v) is 3.36. The third kappa shape index (κ3) is 4.87. The first-order chi connectivity index (χ1) is 12.7. The average Bonchev–Trinajstić information content (AvgIpc) is 2.95. The lowest BCUT2D eigenvalue weighted by atomic mass is 10.2. The molecule has 0 unspecified atom stereocenters. The van der Waals surface area contributed by atoms with Gasteiger partial charge in [0.25, 0.3) is 5.91 Å². The topological polar surface area (TPSA) is 93.1 Å². The van der Waals surface area contributed by atoms with E-state index in [1.54, 1.807) is 18.5 Å². The summed E-state index contributed by atoms with van der Waals surface area (Å²) in [6.45, 7) is 1.87. The molecule has 0 fully saturated rings. The van der Waals surface area contributed by atoms with E-state index in [9.17, 15) is 13.2 Å². The third-order valence-corrected chi connectivity index (χ3v) is 4.45. The van der Waals surface area contributed by atoms with Crippen LogP contribution < -0.4 is 10.0 Å². The van der Waals surface area contributed by atoms with Gasteiger partial charge in [-0.15, -0.1) is 0 Å². The number of halogens is 1. The number of benzene rings is 1. The predicted octanol–water partition coefficient (Wildman–Crippen LogP) is 3.46. The number of aryl methyl sites for hydroxylation is 1. The van der Waals surface area contributed by atoms with Crippen molar-refractivity contribution in [2.75, 3.05) is 16.3 Å². The van der Waals surface area contributed by atoms with Crippen LogP contribution in [0.1, 0.15) is 16.1 Å². The summed E-state index contributed by atoms with van der Waals surface area (Å²) in [6.07, 6.45) is 4.40. The molecule has 3 aromatic rings. The fourth-order valence-electron chi connectivity index (χ4n) is 2.58. The van der Waals surface area contributed by atoms with Crippen LogP contribution >= 0.6 is 11.6 Å². The Morgan fingerprint density at radius 3 is 2.56 bits per heavy atom. The molecule has 2 aromatic heterocycles. The van der Waals surface area contributed by atoms with Crippen LogP contribution in [0.4, 0.5) is 11.4 Å². The van der Waals surface area contributed by atoms with E-state index in [0.717, 1.165) is 11.9 Å². The third-order valence-electron chi connectivity index (χ3n) is 3.63. The Kier molecular flexibility index (Phi) is 5.20. The molecule has 27 heavy (non-hydrogen) atoms. The van der Waals surface area contributed by atoms with Crippen molar-refractivity contribution < 1.29 is 13.2 Å². The zero-order valence-corrected chi connectivity index (χ0v) is 16.2. The van der Waals surface area contributed by atoms with Crippen molar-refractivity contribution in [2.24, 2.45) is 0 Å². The van der Waals surface area contributed by atoms with E-state index >= 15 is 0 Å². The van der Waals surface area contributed by atoms with E-state index in [2.05, 4.69) is 15.0 Å². The van der Waals surface area contributed by atoms with Crippen molar-refractivity contribution in [2.45, 2.75) is 6.92 Å². The van der Waals surface area contributed by atoms with Gasteiger partial charge in [-0.3, -0.25) is 9.52 Å². The molecule has 0 atom stereocenters. The molecule has 0 aliphatic heterocycles. The van der Waals surface area contributed by atoms with E-state index in [-0.39, 0.29) is 11.6 Å². The molecule has 2 N–H and O–H groups in total. The quantitative estimate of drug-likeness (QED) is 0.681. The van der Waals surface area contributed by atoms with Crippen LogP contribution in [0.2, 0.25) is 5.02 Å². The number of nitrogens with zero attached hydrogens (tertiary/aromatic N) is 2. The SMILES string of the molecule is Cc1cc(C(=O)Nc2cc(Cl)cc(NS(C)(=O)=O)c2)cn1-c1ccccn1. The van der Waals surface area contributed by atoms with Crippen LogP contribution in [-0.2, 0) is 10.0 Å². The zero-order chi connectivity index (χ0) is 19.6. The van der Waals surface area contributed by atoms with Gasteiger partial charge >= 0.3 is 0 Å². The highest BCUT2D eigenvalue weighted by Gasteiger charge is 2.13. The molecular formula is C18H17ClN4O3S. The number of rotatable bonds is 5. The summed E-state index contributed by atoms with van der Waals surface area (Å²) in [5.41, 5.74) is 1.93. The van der Waals surface area contributed by atoms with Crippen molar-refractivity contribution in [3.8, 4) is 5.82 Å². The van der Waals surface area contributed by atoms with Gasteiger partial charge in [0.1, 0.15) is 5.82 Å². The second kappa shape index (κ2) is 7.42. The summed E-state index contributed by atoms with van der Waals surface area (Å²) in [5, 5.41) is 3.02. The van der Waals surface area contributed by atoms with Gasteiger partial charge in [-0.2, -0.15) is 0 Å². The number of amides is 1. The number of pyridine rings is 1. The molecular weight excluding hydrogens is 388 g/mol. The Morgan fingerprint density at radius 1 is 1.15 bits per heavy atom. The molecule has 0 bridgehead atoms. The molecule has 0 saturated carbocycles. The smallest absolute Gasteiger partial charge is 0.257 e. The summed E-state index contributed by atoms with van der Waals surface area (Å²) in [5.74, 6) is 0.358. The van der Waals surface area contributed by atoms with Crippen LogP contribution in [0.3, 0.4) is 0 Å². The largest absolute Gasteiger partial charge is 0.322 e. The lowest BCUT2D eigenvalue weighted by Crippen LogP contribution is -2.13. The van der Waals surface area contributed by atoms with E-state index in [1.165, 1.54) is 18.2 Å². The summed E-state index contributed by atoms with van der Waals surface area (Å²) in [7, 11) is -3.46. The van der Waals surface area contributed by atoms with E-state index in [4.69, 9.17) is 11.6 Å². The molecule has 0 radical (unpaired) electrons. The molecule has 0 saturated heterocycles. The zero-order valence-electron chi connectivity index (χ0n) is 14.6. The Balaban J connectivity index is 1.84. The van der Waals surface area contributed by atoms with Crippen LogP contribution in [0.15, 0.2) is 54.9 Å². The number of carbonyl (C=O) groups is 1. The van der Waals surface area contributed by atoms with Crippen molar-refractivity contribution >= 4 is 38.9 Å². The predicted molar refractivity (Wildman–Crippen MR) is 106 cm³/mol. The molecule has 140 valence electrons. The summed E-state index contributed by atoms with van der Waals surface area (Å²) in [6, 6.07) is 11.8. The van der Waals surface area contributed by atoms with Crippen LogP contribution in [0, 0.1) is 6.92 Å². The van der Waals surface area contributed by atoms with Gasteiger partial charge in [0.15, 0.2) is 0 Å². The van der Waals surface area contributed by atoms with Gasteiger partial charge in [-0.05, 0) is 43.3 Å². The highest BCUT2D eigenvalue weighted by molar-refractivity contribution is 7.92. The first kappa shape index (κ1) is 18.9. The standard InChI is InChI=1S/C18H17ClN4O3S/c1-12-7-13(11-23(12)17-5-3-4-6-20-17)18(24)21-15-8-14(19)9-16(10-15)22-27(2,25)26/h3-11,22H,1-2H3,(H,21,24). The second-order valence-electron chi connectivity index (χ2n) is 5.99. The maximum Gasteiger partial charge on any atom is 0.257 e. The highest BCUT2D eigenvalue weighted by Crippen LogP contribution is 2.24. The molecule has 0 aliphatic carbocycles. The minimum Gasteiger partial charge on any atom is -0.322 e. The maximum absolute atomic E-state index is 12.6. The Bertz CT molecular complexity index is 1100. The minimum absolute atomic E-state index is 0.266. The maximum atomic E-state index is 12.6. The molecule has 1 aromatic carbocycles. The Labute approximate surface area is 162 Å². The fraction of sp³-hybridized carbons (Fsp3) is 0.111. The second-order valence-corrected chi connectivity index (χ2v) is 8.17. The molecule has 0 aliphatic rings. The summed E-state index contributed by atoms with van der Waals surface area (Å²) < 4.78 is 26.9. The number of hydrogen-bond donors (Lipinski definition) is 2. The molecule has 9 heteroatoms. The van der Waals surface area contributed by atoms with Gasteiger partial charge in [-0.1, -0.05) is 17.7 Å². The monoisotopic (exact) mass is 404 g/mol. The van der Waals surface area contributed by atoms with Gasteiger partial charge in [-0.25, -0.2) is 13.4 Å². The van der Waals surface area contributed by atoms with Crippen molar-refractivity contribution in [3.63, 3.8) is 0 Å². The lowest BCUT2D eigenvalue weighted by Gasteiger charge is -2.09. The Hall–Kier alpha value is -2.84. The summed E-state index contributed by atoms with van der Waals surface area (Å²) in [4.78, 5) is 16.9. The average molecular weight is 405 g/mol. The van der Waals surface area contributed by atoms with Crippen LogP contribution in [0.25, 0.3) is 5.82 Å². The Morgan fingerprint density at radius 2 is 1.89 bits per heavy atom. The van der Waals surface area contributed by atoms with Gasteiger partial charge in [0, 0.05) is 28.8 Å². The first-order valence-electron chi connectivity index (χ1n) is 7.91. The van der Waals surface area contributed by atoms with E-state index in [1.807, 2.05) is 29.7 Å². The van der Waals surface area contributed by atoms with Crippen LogP contribution in [0.5, 0.6) is 0 Å². The highest BCUT2D eigenvalue weighted by atomic mass is 35.5. The number of aromatic nitrogens is 2. The number of carbonyl (C=O) groups excluding carboxylic acids is 1. The summed E-state index contributed by atoms with van der Waals surface area (Å²) >= 11 is 6.02. The van der Waals surface area contributed by atoms with Gasteiger partial charge in [0.05, 0.1) is 17.5 Å². The molecule has 0 spiro atoms. The number of anilines is 2. The van der Waals surface area contributed by atoms with Gasteiger partial charge < -0.3 is 9.88 Å². The van der Waals surface area contributed by atoms with Gasteiger partial charge in [0.2, 0.25) is 10.0 Å². The normalized spacial score (nSPS) is 11.2. The van der Waals surface area contributed by atoms with E-state index in [0.29, 0.717) is 22.1 Å².